The maximum absolute atomic E-state index is 5.42. The lowest BCUT2D eigenvalue weighted by Crippen LogP contribution is -2.19. The normalized spacial score (nSPS) is 11.0. The molecule has 0 aromatic heterocycles. The maximum atomic E-state index is 5.42. The first-order chi connectivity index (χ1) is 11.0. The zero-order valence-corrected chi connectivity index (χ0v) is 14.6. The van der Waals surface area contributed by atoms with Gasteiger partial charge in [-0.05, 0) is 35.4 Å². The van der Waals surface area contributed by atoms with Crippen LogP contribution in [0.3, 0.4) is 0 Å². The third-order valence-corrected chi connectivity index (χ3v) is 4.21. The van der Waals surface area contributed by atoms with Gasteiger partial charge in [-0.1, -0.05) is 26.0 Å². The van der Waals surface area contributed by atoms with E-state index in [0.717, 1.165) is 34.1 Å². The average Bonchev–Trinajstić information content (AvgIpc) is 2.60. The number of ether oxygens (including phenoxy) is 4. The fraction of sp³-hybridized carbons (Fsp3) is 0.368. The summed E-state index contributed by atoms with van der Waals surface area (Å²) in [7, 11) is 6.56. The first-order valence-corrected chi connectivity index (χ1v) is 7.43. The summed E-state index contributed by atoms with van der Waals surface area (Å²) in [6.45, 7) is 4.32. The average molecular weight is 316 g/mol. The van der Waals surface area contributed by atoms with Crippen molar-refractivity contribution < 1.29 is 18.9 Å². The number of hydrogen-bond donors (Lipinski definition) is 0. The largest absolute Gasteiger partial charge is 0.493 e. The van der Waals surface area contributed by atoms with Gasteiger partial charge in [0, 0.05) is 5.41 Å². The van der Waals surface area contributed by atoms with Gasteiger partial charge < -0.3 is 18.9 Å². The molecule has 2 aromatic rings. The van der Waals surface area contributed by atoms with Crippen molar-refractivity contribution >= 4 is 0 Å². The summed E-state index contributed by atoms with van der Waals surface area (Å²) >= 11 is 0. The molecule has 0 heterocycles. The van der Waals surface area contributed by atoms with Gasteiger partial charge in [0.15, 0.2) is 23.0 Å². The van der Waals surface area contributed by atoms with Gasteiger partial charge in [0.1, 0.15) is 0 Å². The standard InChI is InChI=1S/C19H24O4/c1-19(2,13-7-9-15(20-3)17(11-13)22-5)14-8-10-16(21-4)18(12-14)23-6/h7-12H,1-6H3. The van der Waals surface area contributed by atoms with Crippen molar-refractivity contribution in [3.8, 4) is 23.0 Å². The highest BCUT2D eigenvalue weighted by Crippen LogP contribution is 2.39. The van der Waals surface area contributed by atoms with Crippen molar-refractivity contribution in [2.45, 2.75) is 19.3 Å². The fourth-order valence-electron chi connectivity index (χ4n) is 2.62. The molecule has 0 aliphatic heterocycles. The highest BCUT2D eigenvalue weighted by molar-refractivity contribution is 5.51. The molecular weight excluding hydrogens is 292 g/mol. The van der Waals surface area contributed by atoms with Crippen molar-refractivity contribution in [3.63, 3.8) is 0 Å². The van der Waals surface area contributed by atoms with E-state index in [9.17, 15) is 0 Å². The Morgan fingerprint density at radius 2 is 0.913 bits per heavy atom. The smallest absolute Gasteiger partial charge is 0.161 e. The number of methoxy groups -OCH3 is 4. The summed E-state index contributed by atoms with van der Waals surface area (Å²) in [6, 6.07) is 12.0. The molecule has 4 heteroatoms. The van der Waals surface area contributed by atoms with Crippen LogP contribution in [0, 0.1) is 0 Å². The van der Waals surface area contributed by atoms with Crippen molar-refractivity contribution in [2.24, 2.45) is 0 Å². The lowest BCUT2D eigenvalue weighted by atomic mass is 9.78. The number of rotatable bonds is 6. The fourth-order valence-corrected chi connectivity index (χ4v) is 2.62. The molecule has 124 valence electrons. The minimum absolute atomic E-state index is 0.223. The quantitative estimate of drug-likeness (QED) is 0.806. The van der Waals surface area contributed by atoms with Crippen LogP contribution in [-0.2, 0) is 5.41 Å². The summed E-state index contributed by atoms with van der Waals surface area (Å²) in [4.78, 5) is 0. The summed E-state index contributed by atoms with van der Waals surface area (Å²) in [5.74, 6) is 2.89. The minimum atomic E-state index is -0.223. The summed E-state index contributed by atoms with van der Waals surface area (Å²) in [5.41, 5.74) is 2.03. The molecule has 0 saturated heterocycles. The van der Waals surface area contributed by atoms with Gasteiger partial charge in [-0.25, -0.2) is 0 Å². The van der Waals surface area contributed by atoms with Crippen LogP contribution in [0.25, 0.3) is 0 Å². The van der Waals surface area contributed by atoms with E-state index in [-0.39, 0.29) is 5.41 Å². The van der Waals surface area contributed by atoms with Crippen LogP contribution in [-0.4, -0.2) is 28.4 Å². The summed E-state index contributed by atoms with van der Waals surface area (Å²) in [5, 5.41) is 0. The van der Waals surface area contributed by atoms with Gasteiger partial charge in [0.2, 0.25) is 0 Å². The molecule has 0 radical (unpaired) electrons. The Labute approximate surface area is 137 Å². The van der Waals surface area contributed by atoms with Crippen LogP contribution in [0.2, 0.25) is 0 Å². The molecule has 0 atom stereocenters. The molecule has 0 aliphatic carbocycles. The lowest BCUT2D eigenvalue weighted by Gasteiger charge is -2.27. The Morgan fingerprint density at radius 1 is 0.565 bits per heavy atom. The van der Waals surface area contributed by atoms with E-state index in [1.54, 1.807) is 28.4 Å². The van der Waals surface area contributed by atoms with Crippen LogP contribution in [0.5, 0.6) is 23.0 Å². The molecule has 23 heavy (non-hydrogen) atoms. The molecule has 0 saturated carbocycles. The molecule has 2 rings (SSSR count). The van der Waals surface area contributed by atoms with E-state index in [2.05, 4.69) is 26.0 Å². The highest BCUT2D eigenvalue weighted by atomic mass is 16.5. The third-order valence-electron chi connectivity index (χ3n) is 4.21. The van der Waals surface area contributed by atoms with Crippen LogP contribution >= 0.6 is 0 Å². The van der Waals surface area contributed by atoms with Crippen molar-refractivity contribution in [1.29, 1.82) is 0 Å². The lowest BCUT2D eigenvalue weighted by molar-refractivity contribution is 0.352. The predicted molar refractivity (Wildman–Crippen MR) is 91.2 cm³/mol. The molecule has 0 unspecified atom stereocenters. The number of hydrogen-bond acceptors (Lipinski definition) is 4. The Kier molecular flexibility index (Phi) is 5.04. The van der Waals surface area contributed by atoms with E-state index in [4.69, 9.17) is 18.9 Å². The van der Waals surface area contributed by atoms with Crippen molar-refractivity contribution in [2.75, 3.05) is 28.4 Å². The van der Waals surface area contributed by atoms with Crippen LogP contribution in [0.1, 0.15) is 25.0 Å². The SMILES string of the molecule is COc1ccc(C(C)(C)c2ccc(OC)c(OC)c2)cc1OC. The van der Waals surface area contributed by atoms with E-state index in [1.807, 2.05) is 24.3 Å². The Balaban J connectivity index is 2.49. The topological polar surface area (TPSA) is 36.9 Å². The third kappa shape index (κ3) is 3.21. The van der Waals surface area contributed by atoms with Gasteiger partial charge in [0.25, 0.3) is 0 Å². The Hall–Kier alpha value is -2.36. The molecule has 4 nitrogen and oxygen atoms in total. The minimum Gasteiger partial charge on any atom is -0.493 e. The predicted octanol–water partition coefficient (Wildman–Crippen LogP) is 4.05. The molecule has 0 N–H and O–H groups in total. The second-order valence-corrected chi connectivity index (χ2v) is 5.76. The van der Waals surface area contributed by atoms with Crippen LogP contribution < -0.4 is 18.9 Å². The molecule has 0 amide bonds. The molecule has 0 fully saturated rings. The van der Waals surface area contributed by atoms with Crippen molar-refractivity contribution in [1.82, 2.24) is 0 Å². The summed E-state index contributed by atoms with van der Waals surface area (Å²) < 4.78 is 21.5. The van der Waals surface area contributed by atoms with Crippen molar-refractivity contribution in [3.05, 3.63) is 47.5 Å². The van der Waals surface area contributed by atoms with Crippen LogP contribution in [0.4, 0.5) is 0 Å². The maximum Gasteiger partial charge on any atom is 0.161 e. The van der Waals surface area contributed by atoms with E-state index in [1.165, 1.54) is 0 Å². The van der Waals surface area contributed by atoms with Gasteiger partial charge >= 0.3 is 0 Å². The van der Waals surface area contributed by atoms with Crippen LogP contribution in [0.15, 0.2) is 36.4 Å². The first kappa shape index (κ1) is 17.0. The second-order valence-electron chi connectivity index (χ2n) is 5.76. The zero-order chi connectivity index (χ0) is 17.0. The second kappa shape index (κ2) is 6.82. The Bertz CT molecular complexity index is 620. The monoisotopic (exact) mass is 316 g/mol. The molecule has 0 aliphatic rings. The van der Waals surface area contributed by atoms with E-state index < -0.39 is 0 Å². The Morgan fingerprint density at radius 3 is 1.22 bits per heavy atom. The van der Waals surface area contributed by atoms with Gasteiger partial charge in [-0.2, -0.15) is 0 Å². The molecule has 2 aromatic carbocycles. The van der Waals surface area contributed by atoms with Gasteiger partial charge in [-0.15, -0.1) is 0 Å². The molecular formula is C19H24O4. The van der Waals surface area contributed by atoms with E-state index >= 15 is 0 Å². The van der Waals surface area contributed by atoms with Gasteiger partial charge in [0.05, 0.1) is 28.4 Å². The molecule has 0 spiro atoms. The molecule has 0 bridgehead atoms. The number of benzene rings is 2. The first-order valence-electron chi connectivity index (χ1n) is 7.43. The zero-order valence-electron chi connectivity index (χ0n) is 14.6. The highest BCUT2D eigenvalue weighted by Gasteiger charge is 2.25. The van der Waals surface area contributed by atoms with Gasteiger partial charge in [-0.3, -0.25) is 0 Å². The summed E-state index contributed by atoms with van der Waals surface area (Å²) in [6.07, 6.45) is 0. The van der Waals surface area contributed by atoms with E-state index in [0.29, 0.717) is 0 Å².